The van der Waals surface area contributed by atoms with Crippen LogP contribution in [0.25, 0.3) is 22.2 Å². The number of rotatable bonds is 8. The first kappa shape index (κ1) is 27.4. The maximum atomic E-state index is 13.0. The Balaban J connectivity index is 1.30. The van der Waals surface area contributed by atoms with Crippen molar-refractivity contribution in [1.29, 1.82) is 0 Å². The number of ether oxygens (including phenoxy) is 2. The van der Waals surface area contributed by atoms with Gasteiger partial charge in [-0.05, 0) is 61.7 Å². The Hall–Kier alpha value is -4.18. The van der Waals surface area contributed by atoms with E-state index in [0.717, 1.165) is 49.0 Å². The van der Waals surface area contributed by atoms with Crippen LogP contribution in [-0.2, 0) is 17.4 Å². The molecule has 2 heterocycles. The molecule has 1 amide bonds. The lowest BCUT2D eigenvalue weighted by Gasteiger charge is -2.23. The van der Waals surface area contributed by atoms with Gasteiger partial charge in [0.15, 0.2) is 11.5 Å². The number of nitrogens with zero attached hydrogens (tertiary/aromatic N) is 2. The van der Waals surface area contributed by atoms with Crippen LogP contribution in [0, 0.1) is 5.92 Å². The molecule has 40 heavy (non-hydrogen) atoms. The van der Waals surface area contributed by atoms with Crippen LogP contribution in [0.1, 0.15) is 24.0 Å². The van der Waals surface area contributed by atoms with Gasteiger partial charge in [-0.25, -0.2) is 9.97 Å². The quantitative estimate of drug-likeness (QED) is 0.285. The molecule has 0 atom stereocenters. The van der Waals surface area contributed by atoms with Gasteiger partial charge in [0.05, 0.1) is 36.9 Å². The Morgan fingerprint density at radius 2 is 1.80 bits per heavy atom. The lowest BCUT2D eigenvalue weighted by molar-refractivity contribution is -0.137. The van der Waals surface area contributed by atoms with Crippen molar-refractivity contribution in [3.63, 3.8) is 0 Å². The fourth-order valence-electron chi connectivity index (χ4n) is 4.78. The number of alkyl halides is 3. The Labute approximate surface area is 229 Å². The Kier molecular flexibility index (Phi) is 8.16. The van der Waals surface area contributed by atoms with E-state index in [2.05, 4.69) is 20.6 Å². The van der Waals surface area contributed by atoms with Crippen LogP contribution in [0.15, 0.2) is 67.0 Å². The fraction of sp³-hybridized carbons (Fsp3) is 0.300. The van der Waals surface area contributed by atoms with Crippen LogP contribution < -0.4 is 20.1 Å². The van der Waals surface area contributed by atoms with E-state index in [-0.39, 0.29) is 12.0 Å². The van der Waals surface area contributed by atoms with Gasteiger partial charge >= 0.3 is 6.18 Å². The highest BCUT2D eigenvalue weighted by Gasteiger charge is 2.30. The summed E-state index contributed by atoms with van der Waals surface area (Å²) in [4.78, 5) is 21.4. The van der Waals surface area contributed by atoms with Crippen molar-refractivity contribution in [1.82, 2.24) is 15.3 Å². The van der Waals surface area contributed by atoms with Crippen molar-refractivity contribution in [3.8, 4) is 22.8 Å². The van der Waals surface area contributed by atoms with Gasteiger partial charge in [0.1, 0.15) is 6.33 Å². The smallest absolute Gasteiger partial charge is 0.416 e. The zero-order chi connectivity index (χ0) is 28.1. The number of methoxy groups -OCH3 is 1. The maximum Gasteiger partial charge on any atom is 0.416 e. The number of anilines is 1. The van der Waals surface area contributed by atoms with Crippen molar-refractivity contribution in [2.24, 2.45) is 5.92 Å². The summed E-state index contributed by atoms with van der Waals surface area (Å²) in [6.45, 7) is 2.61. The number of hydrogen-bond donors (Lipinski definition) is 2. The van der Waals surface area contributed by atoms with E-state index in [1.54, 1.807) is 19.2 Å². The summed E-state index contributed by atoms with van der Waals surface area (Å²) in [6.07, 6.45) is -0.998. The highest BCUT2D eigenvalue weighted by molar-refractivity contribution is 5.95. The van der Waals surface area contributed by atoms with Crippen molar-refractivity contribution in [2.45, 2.75) is 25.4 Å². The molecule has 1 aliphatic heterocycles. The Morgan fingerprint density at radius 3 is 2.52 bits per heavy atom. The second kappa shape index (κ2) is 11.9. The standard InChI is InChI=1S/C30H29F3N4O3/c1-39-26-15-24-25(16-27(26)40-17-19-9-11-34-12-10-19)35-18-36-29(24)21-5-7-23(8-6-21)37-28(38)14-20-3-2-4-22(13-20)30(31,32)33/h2-8,13,15-16,18-19,34H,9-12,14,17H2,1H3,(H,37,38). The minimum Gasteiger partial charge on any atom is -0.493 e. The van der Waals surface area contributed by atoms with Gasteiger partial charge in [0, 0.05) is 22.7 Å². The highest BCUT2D eigenvalue weighted by atomic mass is 19.4. The van der Waals surface area contributed by atoms with Crippen LogP contribution in [-0.4, -0.2) is 42.7 Å². The number of amides is 1. The Bertz CT molecular complexity index is 1490. The summed E-state index contributed by atoms with van der Waals surface area (Å²) < 4.78 is 50.7. The second-order valence-corrected chi connectivity index (χ2v) is 9.75. The normalized spacial score (nSPS) is 14.2. The molecule has 10 heteroatoms. The summed E-state index contributed by atoms with van der Waals surface area (Å²) in [5.41, 5.74) is 2.22. The highest BCUT2D eigenvalue weighted by Crippen LogP contribution is 2.36. The lowest BCUT2D eigenvalue weighted by atomic mass is 9.99. The number of aromatic nitrogens is 2. The van der Waals surface area contributed by atoms with E-state index in [1.807, 2.05) is 24.3 Å². The van der Waals surface area contributed by atoms with E-state index in [9.17, 15) is 18.0 Å². The molecule has 2 N–H and O–H groups in total. The molecule has 1 fully saturated rings. The maximum absolute atomic E-state index is 13.0. The molecule has 0 saturated carbocycles. The average molecular weight is 551 g/mol. The fourth-order valence-corrected chi connectivity index (χ4v) is 4.78. The number of halogens is 3. The Morgan fingerprint density at radius 1 is 1.02 bits per heavy atom. The van der Waals surface area contributed by atoms with Gasteiger partial charge in [-0.1, -0.05) is 30.3 Å². The number of carbonyl (C=O) groups excluding carboxylic acids is 1. The van der Waals surface area contributed by atoms with Gasteiger partial charge in [-0.15, -0.1) is 0 Å². The number of benzene rings is 3. The molecule has 0 aliphatic carbocycles. The number of fused-ring (bicyclic) bond motifs is 1. The van der Waals surface area contributed by atoms with Crippen LogP contribution in [0.4, 0.5) is 18.9 Å². The molecule has 208 valence electrons. The molecule has 1 saturated heterocycles. The summed E-state index contributed by atoms with van der Waals surface area (Å²) >= 11 is 0. The largest absolute Gasteiger partial charge is 0.493 e. The lowest BCUT2D eigenvalue weighted by Crippen LogP contribution is -2.30. The minimum absolute atomic E-state index is 0.177. The van der Waals surface area contributed by atoms with E-state index >= 15 is 0 Å². The average Bonchev–Trinajstić information content (AvgIpc) is 2.96. The molecule has 1 aromatic heterocycles. The minimum atomic E-state index is -4.46. The van der Waals surface area contributed by atoms with Crippen molar-refractivity contribution in [3.05, 3.63) is 78.1 Å². The molecule has 1 aliphatic rings. The van der Waals surface area contributed by atoms with Gasteiger partial charge in [0.2, 0.25) is 5.91 Å². The topological polar surface area (TPSA) is 85.4 Å². The van der Waals surface area contributed by atoms with Gasteiger partial charge in [0.25, 0.3) is 0 Å². The van der Waals surface area contributed by atoms with Crippen LogP contribution in [0.5, 0.6) is 11.5 Å². The molecule has 4 aromatic rings. The third-order valence-corrected chi connectivity index (χ3v) is 6.92. The van der Waals surface area contributed by atoms with Gasteiger partial charge in [-0.3, -0.25) is 4.79 Å². The van der Waals surface area contributed by atoms with Gasteiger partial charge in [-0.2, -0.15) is 13.2 Å². The molecule has 0 radical (unpaired) electrons. The summed E-state index contributed by atoms with van der Waals surface area (Å²) in [5, 5.41) is 6.88. The predicted octanol–water partition coefficient (Wildman–Crippen LogP) is 5.88. The molecule has 0 spiro atoms. The predicted molar refractivity (Wildman–Crippen MR) is 146 cm³/mol. The molecule has 7 nitrogen and oxygen atoms in total. The first-order valence-electron chi connectivity index (χ1n) is 13.0. The zero-order valence-corrected chi connectivity index (χ0v) is 21.9. The number of carbonyl (C=O) groups is 1. The molecular formula is C30H29F3N4O3. The van der Waals surface area contributed by atoms with E-state index in [4.69, 9.17) is 9.47 Å². The molecule has 0 bridgehead atoms. The second-order valence-electron chi connectivity index (χ2n) is 9.75. The first-order chi connectivity index (χ1) is 19.3. The van der Waals surface area contributed by atoms with E-state index in [1.165, 1.54) is 18.5 Å². The SMILES string of the molecule is COc1cc2c(-c3ccc(NC(=O)Cc4cccc(C(F)(F)F)c4)cc3)ncnc2cc1OCC1CCNCC1. The summed E-state index contributed by atoms with van der Waals surface area (Å²) in [5.74, 6) is 1.31. The molecule has 5 rings (SSSR count). The zero-order valence-electron chi connectivity index (χ0n) is 21.9. The summed E-state index contributed by atoms with van der Waals surface area (Å²) in [7, 11) is 1.60. The molecule has 0 unspecified atom stereocenters. The van der Waals surface area contributed by atoms with Gasteiger partial charge < -0.3 is 20.1 Å². The van der Waals surface area contributed by atoms with Crippen molar-refractivity contribution >= 4 is 22.5 Å². The van der Waals surface area contributed by atoms with E-state index < -0.39 is 17.6 Å². The van der Waals surface area contributed by atoms with E-state index in [0.29, 0.717) is 40.9 Å². The van der Waals surface area contributed by atoms with Crippen LogP contribution in [0.2, 0.25) is 0 Å². The van der Waals surface area contributed by atoms with Crippen molar-refractivity contribution in [2.75, 3.05) is 32.1 Å². The molecule has 3 aromatic carbocycles. The summed E-state index contributed by atoms with van der Waals surface area (Å²) in [6, 6.07) is 15.6. The van der Waals surface area contributed by atoms with Crippen LogP contribution >= 0.6 is 0 Å². The number of piperidine rings is 1. The third kappa shape index (κ3) is 6.51. The first-order valence-corrected chi connectivity index (χ1v) is 13.0. The monoisotopic (exact) mass is 550 g/mol. The number of nitrogens with one attached hydrogen (secondary N) is 2. The van der Waals surface area contributed by atoms with Crippen molar-refractivity contribution < 1.29 is 27.4 Å². The third-order valence-electron chi connectivity index (χ3n) is 6.92. The van der Waals surface area contributed by atoms with Crippen LogP contribution in [0.3, 0.4) is 0 Å². The number of hydrogen-bond acceptors (Lipinski definition) is 6. The molecular weight excluding hydrogens is 521 g/mol.